The molecule has 1 aromatic rings. The molecule has 1 aromatic heterocycles. The van der Waals surface area contributed by atoms with Crippen LogP contribution in [-0.4, -0.2) is 25.7 Å². The minimum absolute atomic E-state index is 0.129. The molecule has 16 heavy (non-hydrogen) atoms. The van der Waals surface area contributed by atoms with Crippen molar-refractivity contribution in [3.05, 3.63) is 30.1 Å². The topological polar surface area (TPSA) is 59.1 Å². The highest BCUT2D eigenvalue weighted by Gasteiger charge is 2.10. The van der Waals surface area contributed by atoms with Crippen molar-refractivity contribution in [2.75, 3.05) is 12.3 Å². The van der Waals surface area contributed by atoms with Gasteiger partial charge in [0.05, 0.1) is 5.75 Å². The third-order valence-corrected chi connectivity index (χ3v) is 3.47. The largest absolute Gasteiger partial charge is 0.265 e. The molecular weight excluding hydrogens is 224 g/mol. The Bertz CT molecular complexity index is 401. The van der Waals surface area contributed by atoms with Crippen LogP contribution in [-0.2, 0) is 16.4 Å². The van der Waals surface area contributed by atoms with Gasteiger partial charge in [-0.25, -0.2) is 13.1 Å². The smallest absolute Gasteiger partial charge is 0.211 e. The van der Waals surface area contributed by atoms with Gasteiger partial charge in [-0.2, -0.15) is 0 Å². The number of nitrogens with one attached hydrogen (secondary N) is 1. The molecule has 90 valence electrons. The lowest BCUT2D eigenvalue weighted by molar-refractivity contribution is 0.559. The van der Waals surface area contributed by atoms with Crippen molar-refractivity contribution in [3.63, 3.8) is 0 Å². The van der Waals surface area contributed by atoms with Gasteiger partial charge in [0.1, 0.15) is 0 Å². The number of hydrogen-bond acceptors (Lipinski definition) is 3. The lowest BCUT2D eigenvalue weighted by Crippen LogP contribution is -2.30. The van der Waals surface area contributed by atoms with Crippen LogP contribution in [0.3, 0.4) is 0 Å². The fraction of sp³-hybridized carbons (Fsp3) is 0.545. The standard InChI is InChI=1S/C11H18N2O2S/c1-10(2)9-13-16(14,15)8-5-11-3-6-12-7-4-11/h3-4,6-7,10,13H,5,8-9H2,1-2H3. The Morgan fingerprint density at radius 1 is 1.31 bits per heavy atom. The van der Waals surface area contributed by atoms with Crippen LogP contribution in [0, 0.1) is 5.92 Å². The molecule has 0 aromatic carbocycles. The van der Waals surface area contributed by atoms with Crippen LogP contribution in [0.1, 0.15) is 19.4 Å². The van der Waals surface area contributed by atoms with E-state index in [4.69, 9.17) is 0 Å². The Kier molecular flexibility index (Phi) is 4.89. The first-order valence-corrected chi connectivity index (χ1v) is 7.01. The lowest BCUT2D eigenvalue weighted by atomic mass is 10.2. The molecule has 0 aliphatic rings. The number of sulfonamides is 1. The number of hydrogen-bond donors (Lipinski definition) is 1. The summed E-state index contributed by atoms with van der Waals surface area (Å²) in [7, 11) is -3.15. The van der Waals surface area contributed by atoms with Crippen LogP contribution < -0.4 is 4.72 Å². The van der Waals surface area contributed by atoms with Gasteiger partial charge in [0, 0.05) is 18.9 Å². The normalized spacial score (nSPS) is 11.9. The summed E-state index contributed by atoms with van der Waals surface area (Å²) >= 11 is 0. The maximum Gasteiger partial charge on any atom is 0.211 e. The molecule has 0 aliphatic carbocycles. The van der Waals surface area contributed by atoms with E-state index in [9.17, 15) is 8.42 Å². The molecule has 0 saturated heterocycles. The van der Waals surface area contributed by atoms with Crippen molar-refractivity contribution in [1.82, 2.24) is 9.71 Å². The van der Waals surface area contributed by atoms with E-state index in [2.05, 4.69) is 9.71 Å². The minimum Gasteiger partial charge on any atom is -0.265 e. The molecule has 0 unspecified atom stereocenters. The Balaban J connectivity index is 2.42. The van der Waals surface area contributed by atoms with Crippen molar-refractivity contribution in [1.29, 1.82) is 0 Å². The molecule has 0 amide bonds. The molecule has 0 atom stereocenters. The van der Waals surface area contributed by atoms with Gasteiger partial charge in [-0.3, -0.25) is 4.98 Å². The van der Waals surface area contributed by atoms with Crippen molar-refractivity contribution in [2.24, 2.45) is 5.92 Å². The van der Waals surface area contributed by atoms with Gasteiger partial charge in [-0.05, 0) is 30.0 Å². The third kappa shape index (κ3) is 5.23. The van der Waals surface area contributed by atoms with Crippen molar-refractivity contribution >= 4 is 10.0 Å². The molecule has 0 radical (unpaired) electrons. The van der Waals surface area contributed by atoms with Crippen LogP contribution in [0.2, 0.25) is 0 Å². The van der Waals surface area contributed by atoms with Crippen LogP contribution in [0.4, 0.5) is 0 Å². The van der Waals surface area contributed by atoms with E-state index in [1.165, 1.54) is 0 Å². The molecule has 0 saturated carbocycles. The van der Waals surface area contributed by atoms with Crippen LogP contribution in [0.5, 0.6) is 0 Å². The van der Waals surface area contributed by atoms with Gasteiger partial charge < -0.3 is 0 Å². The second kappa shape index (κ2) is 5.96. The summed E-state index contributed by atoms with van der Waals surface area (Å²) in [5, 5.41) is 0. The van der Waals surface area contributed by atoms with E-state index >= 15 is 0 Å². The highest BCUT2D eigenvalue weighted by atomic mass is 32.2. The summed E-state index contributed by atoms with van der Waals surface area (Å²) < 4.78 is 25.7. The molecule has 0 spiro atoms. The molecule has 1 rings (SSSR count). The number of aryl methyl sites for hydroxylation is 1. The van der Waals surface area contributed by atoms with Gasteiger partial charge >= 0.3 is 0 Å². The molecule has 0 bridgehead atoms. The summed E-state index contributed by atoms with van der Waals surface area (Å²) in [6.45, 7) is 4.45. The highest BCUT2D eigenvalue weighted by molar-refractivity contribution is 7.89. The lowest BCUT2D eigenvalue weighted by Gasteiger charge is -2.08. The van der Waals surface area contributed by atoms with Gasteiger partial charge in [0.2, 0.25) is 10.0 Å². The van der Waals surface area contributed by atoms with Gasteiger partial charge in [-0.15, -0.1) is 0 Å². The van der Waals surface area contributed by atoms with E-state index in [1.54, 1.807) is 12.4 Å². The van der Waals surface area contributed by atoms with Gasteiger partial charge in [-0.1, -0.05) is 13.8 Å². The molecule has 5 heteroatoms. The average Bonchev–Trinajstić information content (AvgIpc) is 2.26. The second-order valence-electron chi connectivity index (χ2n) is 4.17. The zero-order valence-corrected chi connectivity index (χ0v) is 10.5. The molecule has 0 aliphatic heterocycles. The number of nitrogens with zero attached hydrogens (tertiary/aromatic N) is 1. The molecule has 4 nitrogen and oxygen atoms in total. The zero-order chi connectivity index (χ0) is 12.0. The number of rotatable bonds is 6. The molecule has 1 heterocycles. The quantitative estimate of drug-likeness (QED) is 0.815. The van der Waals surface area contributed by atoms with E-state index in [-0.39, 0.29) is 5.75 Å². The Labute approximate surface area is 97.2 Å². The van der Waals surface area contributed by atoms with Crippen LogP contribution in [0.15, 0.2) is 24.5 Å². The second-order valence-corrected chi connectivity index (χ2v) is 6.09. The summed E-state index contributed by atoms with van der Waals surface area (Å²) in [6.07, 6.45) is 3.86. The van der Waals surface area contributed by atoms with Crippen LogP contribution >= 0.6 is 0 Å². The van der Waals surface area contributed by atoms with Crippen LogP contribution in [0.25, 0.3) is 0 Å². The van der Waals surface area contributed by atoms with E-state index in [0.29, 0.717) is 18.9 Å². The molecule has 0 fully saturated rings. The first-order valence-electron chi connectivity index (χ1n) is 5.36. The number of pyridine rings is 1. The highest BCUT2D eigenvalue weighted by Crippen LogP contribution is 2.00. The van der Waals surface area contributed by atoms with Crippen molar-refractivity contribution < 1.29 is 8.42 Å². The third-order valence-electron chi connectivity index (χ3n) is 2.12. The average molecular weight is 242 g/mol. The van der Waals surface area contributed by atoms with E-state index in [1.807, 2.05) is 26.0 Å². The molecular formula is C11H18N2O2S. The first kappa shape index (κ1) is 13.1. The SMILES string of the molecule is CC(C)CNS(=O)(=O)CCc1ccncc1. The summed E-state index contributed by atoms with van der Waals surface area (Å²) in [4.78, 5) is 3.88. The monoisotopic (exact) mass is 242 g/mol. The minimum atomic E-state index is -3.15. The Hall–Kier alpha value is -0.940. The van der Waals surface area contributed by atoms with E-state index in [0.717, 1.165) is 5.56 Å². The van der Waals surface area contributed by atoms with E-state index < -0.39 is 10.0 Å². The Morgan fingerprint density at radius 2 is 1.94 bits per heavy atom. The first-order chi connectivity index (χ1) is 7.49. The maximum atomic E-state index is 11.6. The summed E-state index contributed by atoms with van der Waals surface area (Å²) in [5.74, 6) is 0.458. The van der Waals surface area contributed by atoms with Crippen molar-refractivity contribution in [3.8, 4) is 0 Å². The maximum absolute atomic E-state index is 11.6. The predicted octanol–water partition coefficient (Wildman–Crippen LogP) is 1.20. The molecule has 1 N–H and O–H groups in total. The van der Waals surface area contributed by atoms with Gasteiger partial charge in [0.15, 0.2) is 0 Å². The zero-order valence-electron chi connectivity index (χ0n) is 9.68. The summed E-state index contributed by atoms with van der Waals surface area (Å²) in [6, 6.07) is 3.66. The summed E-state index contributed by atoms with van der Waals surface area (Å²) in [5.41, 5.74) is 0.991. The fourth-order valence-electron chi connectivity index (χ4n) is 1.17. The fourth-order valence-corrected chi connectivity index (χ4v) is 2.40. The van der Waals surface area contributed by atoms with Gasteiger partial charge in [0.25, 0.3) is 0 Å². The Morgan fingerprint density at radius 3 is 2.50 bits per heavy atom. The predicted molar refractivity (Wildman–Crippen MR) is 64.6 cm³/mol. The number of aromatic nitrogens is 1. The van der Waals surface area contributed by atoms with Crippen molar-refractivity contribution in [2.45, 2.75) is 20.3 Å².